The van der Waals surface area contributed by atoms with Crippen molar-refractivity contribution < 1.29 is 13.6 Å². The number of nitrogens with zero attached hydrogens (tertiary/aromatic N) is 3. The molecule has 8 heteroatoms. The van der Waals surface area contributed by atoms with Crippen molar-refractivity contribution >= 4 is 44.4 Å². The summed E-state index contributed by atoms with van der Waals surface area (Å²) in [6, 6.07) is 14.9. The zero-order valence-electron chi connectivity index (χ0n) is 15.1. The Labute approximate surface area is 179 Å². The topological polar surface area (TPSA) is 72.4 Å². The van der Waals surface area contributed by atoms with E-state index in [1.165, 1.54) is 0 Å². The first-order chi connectivity index (χ1) is 14.1. The van der Waals surface area contributed by atoms with Crippen LogP contribution in [-0.4, -0.2) is 27.0 Å². The van der Waals surface area contributed by atoms with Gasteiger partial charge < -0.3 is 13.7 Å². The van der Waals surface area contributed by atoms with Crippen LogP contribution in [0, 0.1) is 0 Å². The fraction of sp³-hybridized carbons (Fsp3) is 0.190. The van der Waals surface area contributed by atoms with E-state index in [2.05, 4.69) is 26.1 Å². The van der Waals surface area contributed by atoms with Gasteiger partial charge in [-0.2, -0.15) is 0 Å². The minimum absolute atomic E-state index is 0.148. The van der Waals surface area contributed by atoms with Crippen LogP contribution >= 0.6 is 27.5 Å². The number of benzene rings is 2. The highest BCUT2D eigenvalue weighted by molar-refractivity contribution is 9.10. The van der Waals surface area contributed by atoms with Crippen molar-refractivity contribution in [1.82, 2.24) is 15.1 Å². The molecule has 5 rings (SSSR count). The first-order valence-electron chi connectivity index (χ1n) is 9.16. The molecule has 2 heterocycles. The number of hydrogen-bond donors (Lipinski definition) is 0. The SMILES string of the molecule is O=C(c1cc2cccc(Br)c2o1)N(Cc1nnc(-c2ccccc2Cl)o1)C1CC1. The highest BCUT2D eigenvalue weighted by atomic mass is 79.9. The third-order valence-electron chi connectivity index (χ3n) is 4.83. The molecule has 0 unspecified atom stereocenters. The molecule has 0 atom stereocenters. The third kappa shape index (κ3) is 3.56. The summed E-state index contributed by atoms with van der Waals surface area (Å²) in [5.74, 6) is 0.802. The second-order valence-corrected chi connectivity index (χ2v) is 8.18. The van der Waals surface area contributed by atoms with E-state index < -0.39 is 0 Å². The minimum atomic E-state index is -0.187. The molecule has 29 heavy (non-hydrogen) atoms. The summed E-state index contributed by atoms with van der Waals surface area (Å²) in [4.78, 5) is 14.9. The molecule has 0 saturated heterocycles. The summed E-state index contributed by atoms with van der Waals surface area (Å²) < 4.78 is 12.4. The van der Waals surface area contributed by atoms with Crippen LogP contribution in [0.2, 0.25) is 5.02 Å². The summed E-state index contributed by atoms with van der Waals surface area (Å²) in [7, 11) is 0. The van der Waals surface area contributed by atoms with E-state index in [1.54, 1.807) is 17.0 Å². The van der Waals surface area contributed by atoms with Gasteiger partial charge in [0, 0.05) is 11.4 Å². The lowest BCUT2D eigenvalue weighted by atomic mass is 10.2. The molecule has 0 aliphatic heterocycles. The van der Waals surface area contributed by atoms with E-state index >= 15 is 0 Å². The Bertz CT molecular complexity index is 1210. The van der Waals surface area contributed by atoms with E-state index in [-0.39, 0.29) is 18.5 Å². The molecular weight excluding hydrogens is 458 g/mol. The van der Waals surface area contributed by atoms with Gasteiger partial charge in [-0.1, -0.05) is 35.9 Å². The second-order valence-electron chi connectivity index (χ2n) is 6.91. The Kier molecular flexibility index (Phi) is 4.64. The van der Waals surface area contributed by atoms with Crippen LogP contribution in [0.25, 0.3) is 22.4 Å². The molecular formula is C21H15BrClN3O3. The van der Waals surface area contributed by atoms with Crippen molar-refractivity contribution in [2.75, 3.05) is 0 Å². The number of furan rings is 1. The van der Waals surface area contributed by atoms with Crippen molar-refractivity contribution in [2.24, 2.45) is 0 Å². The number of fused-ring (bicyclic) bond motifs is 1. The Balaban J connectivity index is 1.42. The first-order valence-corrected chi connectivity index (χ1v) is 10.3. The minimum Gasteiger partial charge on any atom is -0.450 e. The van der Waals surface area contributed by atoms with Gasteiger partial charge in [-0.05, 0) is 53.0 Å². The summed E-state index contributed by atoms with van der Waals surface area (Å²) in [6.45, 7) is 0.221. The van der Waals surface area contributed by atoms with Crippen LogP contribution < -0.4 is 0 Å². The van der Waals surface area contributed by atoms with Gasteiger partial charge in [0.05, 0.1) is 21.6 Å². The van der Waals surface area contributed by atoms with Crippen LogP contribution in [0.4, 0.5) is 0 Å². The highest BCUT2D eigenvalue weighted by Gasteiger charge is 2.35. The number of carbonyl (C=O) groups is 1. The smallest absolute Gasteiger partial charge is 0.290 e. The average molecular weight is 473 g/mol. The van der Waals surface area contributed by atoms with Gasteiger partial charge in [0.15, 0.2) is 5.76 Å². The molecule has 6 nitrogen and oxygen atoms in total. The summed E-state index contributed by atoms with van der Waals surface area (Å²) in [5, 5.41) is 9.60. The molecule has 2 aromatic carbocycles. The predicted molar refractivity (Wildman–Crippen MR) is 112 cm³/mol. The van der Waals surface area contributed by atoms with Gasteiger partial charge in [-0.3, -0.25) is 4.79 Å². The largest absolute Gasteiger partial charge is 0.450 e. The number of hydrogen-bond acceptors (Lipinski definition) is 5. The van der Waals surface area contributed by atoms with Crippen LogP contribution in [0.15, 0.2) is 61.8 Å². The van der Waals surface area contributed by atoms with Gasteiger partial charge in [0.2, 0.25) is 11.8 Å². The van der Waals surface area contributed by atoms with Crippen LogP contribution in [0.5, 0.6) is 0 Å². The zero-order chi connectivity index (χ0) is 20.0. The maximum absolute atomic E-state index is 13.1. The Morgan fingerprint density at radius 3 is 2.72 bits per heavy atom. The van der Waals surface area contributed by atoms with E-state index in [0.717, 1.165) is 22.7 Å². The molecule has 0 N–H and O–H groups in total. The number of carbonyl (C=O) groups excluding carboxylic acids is 1. The molecule has 1 fully saturated rings. The third-order valence-corrected chi connectivity index (χ3v) is 5.79. The van der Waals surface area contributed by atoms with Gasteiger partial charge >= 0.3 is 0 Å². The average Bonchev–Trinajstić information content (AvgIpc) is 3.28. The Hall–Kier alpha value is -2.64. The van der Waals surface area contributed by atoms with Gasteiger partial charge in [0.25, 0.3) is 5.91 Å². The molecule has 146 valence electrons. The Morgan fingerprint density at radius 2 is 1.97 bits per heavy atom. The maximum atomic E-state index is 13.1. The molecule has 0 bridgehead atoms. The lowest BCUT2D eigenvalue weighted by Crippen LogP contribution is -2.32. The normalized spacial score (nSPS) is 13.7. The predicted octanol–water partition coefficient (Wildman–Crippen LogP) is 5.70. The monoisotopic (exact) mass is 471 g/mol. The number of rotatable bonds is 5. The van der Waals surface area contributed by atoms with E-state index in [9.17, 15) is 4.79 Å². The van der Waals surface area contributed by atoms with Crippen molar-refractivity contribution in [3.05, 3.63) is 69.7 Å². The first kappa shape index (κ1) is 18.4. The van der Waals surface area contributed by atoms with Gasteiger partial charge in [0.1, 0.15) is 5.58 Å². The lowest BCUT2D eigenvalue weighted by molar-refractivity contribution is 0.0684. The summed E-state index contributed by atoms with van der Waals surface area (Å²) >= 11 is 9.67. The van der Waals surface area contributed by atoms with Crippen molar-refractivity contribution in [1.29, 1.82) is 0 Å². The zero-order valence-corrected chi connectivity index (χ0v) is 17.5. The number of para-hydroxylation sites is 1. The van der Waals surface area contributed by atoms with E-state index in [4.69, 9.17) is 20.4 Å². The molecule has 4 aromatic rings. The quantitative estimate of drug-likeness (QED) is 0.372. The molecule has 1 aliphatic carbocycles. The van der Waals surface area contributed by atoms with Crippen LogP contribution in [0.1, 0.15) is 29.3 Å². The highest BCUT2D eigenvalue weighted by Crippen LogP contribution is 2.33. The molecule has 1 saturated carbocycles. The number of halogens is 2. The summed E-state index contributed by atoms with van der Waals surface area (Å²) in [6.07, 6.45) is 1.89. The fourth-order valence-corrected chi connectivity index (χ4v) is 3.91. The lowest BCUT2D eigenvalue weighted by Gasteiger charge is -2.19. The van der Waals surface area contributed by atoms with Crippen molar-refractivity contribution in [3.8, 4) is 11.5 Å². The van der Waals surface area contributed by atoms with Gasteiger partial charge in [-0.25, -0.2) is 0 Å². The Morgan fingerprint density at radius 1 is 1.14 bits per heavy atom. The molecule has 2 aromatic heterocycles. The molecule has 0 radical (unpaired) electrons. The standard InChI is InChI=1S/C21H15BrClN3O3/c22-15-6-3-4-12-10-17(28-19(12)15)21(27)26(13-8-9-13)11-18-24-25-20(29-18)14-5-1-2-7-16(14)23/h1-7,10,13H,8-9,11H2. The summed E-state index contributed by atoms with van der Waals surface area (Å²) in [5.41, 5.74) is 1.32. The molecule has 1 amide bonds. The van der Waals surface area contributed by atoms with Crippen LogP contribution in [0.3, 0.4) is 0 Å². The van der Waals surface area contributed by atoms with Crippen LogP contribution in [-0.2, 0) is 6.54 Å². The number of amides is 1. The molecule has 0 spiro atoms. The van der Waals surface area contributed by atoms with Crippen molar-refractivity contribution in [3.63, 3.8) is 0 Å². The van der Waals surface area contributed by atoms with Gasteiger partial charge in [-0.15, -0.1) is 10.2 Å². The van der Waals surface area contributed by atoms with Crippen molar-refractivity contribution in [2.45, 2.75) is 25.4 Å². The maximum Gasteiger partial charge on any atom is 0.290 e. The molecule has 1 aliphatic rings. The van der Waals surface area contributed by atoms with E-state index in [1.807, 2.05) is 36.4 Å². The second kappa shape index (κ2) is 7.31. The fourth-order valence-electron chi connectivity index (χ4n) is 3.23. The number of aromatic nitrogens is 2. The van der Waals surface area contributed by atoms with E-state index in [0.29, 0.717) is 33.7 Å².